The van der Waals surface area contributed by atoms with Crippen molar-refractivity contribution >= 4 is 33.0 Å². The highest BCUT2D eigenvalue weighted by atomic mass is 35.5. The summed E-state index contributed by atoms with van der Waals surface area (Å²) >= 11 is 5.89. The number of sulfone groups is 1. The van der Waals surface area contributed by atoms with Crippen LogP contribution in [0.3, 0.4) is 0 Å². The Hall–Kier alpha value is -2.71. The summed E-state index contributed by atoms with van der Waals surface area (Å²) in [4.78, 5) is 16.8. The Bertz CT molecular complexity index is 1070. The molecule has 0 radical (unpaired) electrons. The van der Waals surface area contributed by atoms with Crippen molar-refractivity contribution in [1.82, 2.24) is 14.8 Å². The molecule has 1 N–H and O–H groups in total. The van der Waals surface area contributed by atoms with Gasteiger partial charge in [-0.15, -0.1) is 5.10 Å². The first-order valence-electron chi connectivity index (χ1n) is 8.14. The first-order valence-corrected chi connectivity index (χ1v) is 10.2. The van der Waals surface area contributed by atoms with E-state index in [-0.39, 0.29) is 16.5 Å². The zero-order valence-corrected chi connectivity index (χ0v) is 16.3. The lowest BCUT2D eigenvalue weighted by atomic mass is 10.3. The second-order valence-corrected chi connectivity index (χ2v) is 8.47. The van der Waals surface area contributed by atoms with Crippen LogP contribution in [0.25, 0.3) is 5.69 Å². The number of carbonyl (C=O) groups is 1. The summed E-state index contributed by atoms with van der Waals surface area (Å²) in [7, 11) is -3.28. The van der Waals surface area contributed by atoms with Crippen LogP contribution in [0.5, 0.6) is 0 Å². The van der Waals surface area contributed by atoms with Gasteiger partial charge < -0.3 is 5.32 Å². The highest BCUT2D eigenvalue weighted by Gasteiger charge is 2.16. The van der Waals surface area contributed by atoms with E-state index in [1.54, 1.807) is 42.8 Å². The number of anilines is 1. The fourth-order valence-electron chi connectivity index (χ4n) is 2.41. The van der Waals surface area contributed by atoms with Crippen molar-refractivity contribution in [2.24, 2.45) is 0 Å². The number of nitrogens with one attached hydrogen (secondary N) is 1. The summed E-state index contributed by atoms with van der Waals surface area (Å²) in [6.45, 7) is 3.32. The number of carbonyl (C=O) groups excluding carboxylic acids is 1. The molecule has 1 aromatic heterocycles. The number of rotatable bonds is 5. The molecule has 0 spiro atoms. The van der Waals surface area contributed by atoms with E-state index >= 15 is 0 Å². The van der Waals surface area contributed by atoms with Gasteiger partial charge in [-0.1, -0.05) is 18.5 Å². The Morgan fingerprint density at radius 3 is 2.33 bits per heavy atom. The predicted octanol–water partition coefficient (Wildman–Crippen LogP) is 3.28. The molecule has 1 heterocycles. The predicted molar refractivity (Wildman–Crippen MR) is 103 cm³/mol. The summed E-state index contributed by atoms with van der Waals surface area (Å²) < 4.78 is 25.2. The number of benzene rings is 2. The van der Waals surface area contributed by atoms with E-state index in [1.807, 2.05) is 0 Å². The first kappa shape index (κ1) is 19.1. The summed E-state index contributed by atoms with van der Waals surface area (Å²) in [5.41, 5.74) is 1.19. The third-order valence-electron chi connectivity index (χ3n) is 3.89. The molecule has 0 saturated carbocycles. The molecule has 3 rings (SSSR count). The van der Waals surface area contributed by atoms with Gasteiger partial charge in [-0.3, -0.25) is 4.79 Å². The van der Waals surface area contributed by atoms with Crippen molar-refractivity contribution < 1.29 is 13.2 Å². The van der Waals surface area contributed by atoms with Crippen LogP contribution < -0.4 is 5.32 Å². The molecule has 2 aromatic carbocycles. The summed E-state index contributed by atoms with van der Waals surface area (Å²) in [5, 5.41) is 7.49. The van der Waals surface area contributed by atoms with Crippen LogP contribution in [-0.4, -0.2) is 34.8 Å². The quantitative estimate of drug-likeness (QED) is 0.704. The molecule has 0 fully saturated rings. The molecular weight excluding hydrogens is 388 g/mol. The number of aromatic nitrogens is 3. The molecule has 0 atom stereocenters. The maximum Gasteiger partial charge on any atom is 0.295 e. The molecular formula is C18H17ClN4O3S. The third kappa shape index (κ3) is 4.17. The van der Waals surface area contributed by atoms with Crippen molar-refractivity contribution in [2.75, 3.05) is 11.1 Å². The van der Waals surface area contributed by atoms with E-state index in [0.717, 1.165) is 5.69 Å². The maximum absolute atomic E-state index is 12.4. The smallest absolute Gasteiger partial charge is 0.295 e. The Kier molecular flexibility index (Phi) is 5.29. The van der Waals surface area contributed by atoms with E-state index in [2.05, 4.69) is 15.4 Å². The average molecular weight is 405 g/mol. The number of nitrogens with zero attached hydrogens (tertiary/aromatic N) is 3. The van der Waals surface area contributed by atoms with Crippen LogP contribution in [0.2, 0.25) is 5.02 Å². The first-order chi connectivity index (χ1) is 12.8. The van der Waals surface area contributed by atoms with E-state index in [0.29, 0.717) is 16.5 Å². The average Bonchev–Trinajstić information content (AvgIpc) is 3.05. The second-order valence-electron chi connectivity index (χ2n) is 5.75. The van der Waals surface area contributed by atoms with Crippen LogP contribution in [-0.2, 0) is 9.84 Å². The van der Waals surface area contributed by atoms with Gasteiger partial charge in [-0.2, -0.15) is 0 Å². The van der Waals surface area contributed by atoms with Crippen molar-refractivity contribution in [2.45, 2.75) is 18.7 Å². The zero-order valence-electron chi connectivity index (χ0n) is 14.7. The SMILES string of the molecule is CCS(=O)(=O)c1ccc(NC(=O)c2nc(C)n(-c3ccc(Cl)cc3)n2)cc1. The van der Waals surface area contributed by atoms with Crippen LogP contribution in [0.1, 0.15) is 23.4 Å². The van der Waals surface area contributed by atoms with Gasteiger partial charge in [0.1, 0.15) is 5.82 Å². The van der Waals surface area contributed by atoms with Gasteiger partial charge in [0.2, 0.25) is 5.82 Å². The highest BCUT2D eigenvalue weighted by molar-refractivity contribution is 7.91. The van der Waals surface area contributed by atoms with Gasteiger partial charge in [0.05, 0.1) is 16.3 Å². The number of aryl methyl sites for hydroxylation is 1. The maximum atomic E-state index is 12.4. The molecule has 27 heavy (non-hydrogen) atoms. The van der Waals surface area contributed by atoms with Crippen molar-refractivity contribution in [3.8, 4) is 5.69 Å². The van der Waals surface area contributed by atoms with Gasteiger partial charge in [-0.05, 0) is 55.5 Å². The monoisotopic (exact) mass is 404 g/mol. The van der Waals surface area contributed by atoms with Crippen molar-refractivity contribution in [1.29, 1.82) is 0 Å². The number of amides is 1. The summed E-state index contributed by atoms with van der Waals surface area (Å²) in [6, 6.07) is 13.0. The van der Waals surface area contributed by atoms with E-state index < -0.39 is 15.7 Å². The van der Waals surface area contributed by atoms with Crippen LogP contribution in [0, 0.1) is 6.92 Å². The molecule has 0 aliphatic carbocycles. The van der Waals surface area contributed by atoms with E-state index in [1.165, 1.54) is 24.3 Å². The molecule has 7 nitrogen and oxygen atoms in total. The minimum absolute atomic E-state index is 0.00714. The minimum atomic E-state index is -3.28. The van der Waals surface area contributed by atoms with Crippen molar-refractivity contribution in [3.63, 3.8) is 0 Å². The lowest BCUT2D eigenvalue weighted by Crippen LogP contribution is -2.14. The summed E-state index contributed by atoms with van der Waals surface area (Å²) in [6.07, 6.45) is 0. The molecule has 0 bridgehead atoms. The Labute approximate surface area is 161 Å². The van der Waals surface area contributed by atoms with E-state index in [9.17, 15) is 13.2 Å². The minimum Gasteiger partial charge on any atom is -0.319 e. The normalized spacial score (nSPS) is 11.4. The van der Waals surface area contributed by atoms with Gasteiger partial charge in [-0.25, -0.2) is 18.1 Å². The molecule has 0 unspecified atom stereocenters. The Morgan fingerprint density at radius 2 is 1.74 bits per heavy atom. The lowest BCUT2D eigenvalue weighted by Gasteiger charge is -2.05. The van der Waals surface area contributed by atoms with Gasteiger partial charge >= 0.3 is 0 Å². The Morgan fingerprint density at radius 1 is 1.11 bits per heavy atom. The van der Waals surface area contributed by atoms with Gasteiger partial charge in [0, 0.05) is 10.7 Å². The third-order valence-corrected chi connectivity index (χ3v) is 5.90. The molecule has 9 heteroatoms. The summed E-state index contributed by atoms with van der Waals surface area (Å²) in [5.74, 6) is 0.0841. The van der Waals surface area contributed by atoms with Crippen molar-refractivity contribution in [3.05, 3.63) is 65.2 Å². The lowest BCUT2D eigenvalue weighted by molar-refractivity contribution is 0.101. The highest BCUT2D eigenvalue weighted by Crippen LogP contribution is 2.17. The van der Waals surface area contributed by atoms with Crippen LogP contribution in [0.4, 0.5) is 5.69 Å². The number of halogens is 1. The molecule has 0 aliphatic rings. The second kappa shape index (κ2) is 7.50. The number of hydrogen-bond donors (Lipinski definition) is 1. The zero-order chi connectivity index (χ0) is 19.6. The van der Waals surface area contributed by atoms with Gasteiger partial charge in [0.25, 0.3) is 5.91 Å². The fraction of sp³-hybridized carbons (Fsp3) is 0.167. The molecule has 3 aromatic rings. The fourth-order valence-corrected chi connectivity index (χ4v) is 3.42. The van der Waals surface area contributed by atoms with Crippen LogP contribution in [0.15, 0.2) is 53.4 Å². The largest absolute Gasteiger partial charge is 0.319 e. The Balaban J connectivity index is 1.79. The topological polar surface area (TPSA) is 94.0 Å². The van der Waals surface area contributed by atoms with Crippen LogP contribution >= 0.6 is 11.6 Å². The standard InChI is InChI=1S/C18H17ClN4O3S/c1-3-27(25,26)16-10-6-14(7-11-16)21-18(24)17-20-12(2)23(22-17)15-8-4-13(19)5-9-15/h4-11H,3H2,1-2H3,(H,21,24). The number of hydrogen-bond acceptors (Lipinski definition) is 5. The van der Waals surface area contributed by atoms with Gasteiger partial charge in [0.15, 0.2) is 9.84 Å². The molecule has 1 amide bonds. The molecule has 0 saturated heterocycles. The molecule has 140 valence electrons. The van der Waals surface area contributed by atoms with E-state index in [4.69, 9.17) is 11.6 Å². The molecule has 0 aliphatic heterocycles.